The van der Waals surface area contributed by atoms with Crippen molar-refractivity contribution in [1.82, 2.24) is 24.6 Å². The van der Waals surface area contributed by atoms with E-state index in [9.17, 15) is 0 Å². The van der Waals surface area contributed by atoms with E-state index in [0.29, 0.717) is 23.4 Å². The first-order valence-electron chi connectivity index (χ1n) is 8.78. The van der Waals surface area contributed by atoms with E-state index < -0.39 is 0 Å². The van der Waals surface area contributed by atoms with Crippen molar-refractivity contribution >= 4 is 23.2 Å². The fourth-order valence-corrected chi connectivity index (χ4v) is 3.28. The van der Waals surface area contributed by atoms with Crippen LogP contribution < -0.4 is 9.64 Å². The Morgan fingerprint density at radius 1 is 1.15 bits per heavy atom. The molecule has 8 heteroatoms. The Hall–Kier alpha value is -2.41. The standard InChI is InChI=1S/C18H21ClN6O/c1-12-13(2)25-16(22-12)3-4-17(23-25)26-11-14-5-7-24(8-6-14)18-20-9-15(19)10-21-18/h3-4,9-10,14H,5-8,11H2,1-2H3. The molecular formula is C18H21ClN6O. The first-order chi connectivity index (χ1) is 12.6. The smallest absolute Gasteiger partial charge is 0.231 e. The van der Waals surface area contributed by atoms with Crippen LogP contribution in [0, 0.1) is 19.8 Å². The highest BCUT2D eigenvalue weighted by Gasteiger charge is 2.21. The summed E-state index contributed by atoms with van der Waals surface area (Å²) in [5.41, 5.74) is 2.89. The second-order valence-electron chi connectivity index (χ2n) is 6.67. The lowest BCUT2D eigenvalue weighted by molar-refractivity contribution is 0.213. The van der Waals surface area contributed by atoms with Crippen LogP contribution in [0.25, 0.3) is 5.65 Å². The van der Waals surface area contributed by atoms with Gasteiger partial charge < -0.3 is 9.64 Å². The Morgan fingerprint density at radius 3 is 2.62 bits per heavy atom. The van der Waals surface area contributed by atoms with Gasteiger partial charge in [-0.1, -0.05) is 11.6 Å². The molecule has 4 rings (SSSR count). The van der Waals surface area contributed by atoms with E-state index in [1.165, 1.54) is 0 Å². The topological polar surface area (TPSA) is 68.4 Å². The Labute approximate surface area is 157 Å². The zero-order valence-corrected chi connectivity index (χ0v) is 15.6. The fraction of sp³-hybridized carbons (Fsp3) is 0.444. The molecule has 0 aromatic carbocycles. The summed E-state index contributed by atoms with van der Waals surface area (Å²) >= 11 is 5.85. The van der Waals surface area contributed by atoms with Gasteiger partial charge in [0.05, 0.1) is 35.4 Å². The van der Waals surface area contributed by atoms with Crippen LogP contribution in [0.5, 0.6) is 5.88 Å². The maximum absolute atomic E-state index is 5.95. The van der Waals surface area contributed by atoms with E-state index in [-0.39, 0.29) is 0 Å². The molecule has 0 bridgehead atoms. The number of imidazole rings is 1. The van der Waals surface area contributed by atoms with Gasteiger partial charge in [-0.05, 0) is 38.7 Å². The lowest BCUT2D eigenvalue weighted by atomic mass is 9.98. The number of ether oxygens (including phenoxy) is 1. The number of aryl methyl sites for hydroxylation is 2. The predicted molar refractivity (Wildman–Crippen MR) is 99.9 cm³/mol. The van der Waals surface area contributed by atoms with Crippen LogP contribution in [0.3, 0.4) is 0 Å². The molecule has 0 unspecified atom stereocenters. The predicted octanol–water partition coefficient (Wildman–Crippen LogP) is 3.08. The zero-order chi connectivity index (χ0) is 18.1. The van der Waals surface area contributed by atoms with Crippen molar-refractivity contribution in [3.63, 3.8) is 0 Å². The normalized spacial score (nSPS) is 15.6. The van der Waals surface area contributed by atoms with Gasteiger partial charge in [0.2, 0.25) is 11.8 Å². The van der Waals surface area contributed by atoms with E-state index in [1.54, 1.807) is 12.4 Å². The second kappa shape index (κ2) is 7.07. The highest BCUT2D eigenvalue weighted by Crippen LogP contribution is 2.22. The maximum atomic E-state index is 5.95. The molecule has 1 aliphatic rings. The molecule has 0 N–H and O–H groups in total. The van der Waals surface area contributed by atoms with Crippen molar-refractivity contribution in [3.8, 4) is 5.88 Å². The zero-order valence-electron chi connectivity index (χ0n) is 14.9. The Morgan fingerprint density at radius 2 is 1.88 bits per heavy atom. The average molecular weight is 373 g/mol. The number of nitrogens with zero attached hydrogens (tertiary/aromatic N) is 6. The Kier molecular flexibility index (Phi) is 4.63. The van der Waals surface area contributed by atoms with Crippen LogP contribution in [0.4, 0.5) is 5.95 Å². The number of hydrogen-bond donors (Lipinski definition) is 0. The molecule has 3 aromatic heterocycles. The molecule has 0 saturated carbocycles. The molecule has 0 aliphatic carbocycles. The number of anilines is 1. The lowest BCUT2D eigenvalue weighted by Crippen LogP contribution is -2.36. The third-order valence-electron chi connectivity index (χ3n) is 4.89. The summed E-state index contributed by atoms with van der Waals surface area (Å²) in [6.07, 6.45) is 5.36. The fourth-order valence-electron chi connectivity index (χ4n) is 3.19. The Bertz CT molecular complexity index is 902. The minimum absolute atomic E-state index is 0.502. The summed E-state index contributed by atoms with van der Waals surface area (Å²) in [5, 5.41) is 5.10. The number of halogens is 1. The second-order valence-corrected chi connectivity index (χ2v) is 7.10. The van der Waals surface area contributed by atoms with E-state index >= 15 is 0 Å². The summed E-state index contributed by atoms with van der Waals surface area (Å²) in [6.45, 7) is 6.51. The molecule has 3 aromatic rings. The van der Waals surface area contributed by atoms with Gasteiger partial charge in [0.15, 0.2) is 5.65 Å². The molecule has 26 heavy (non-hydrogen) atoms. The molecule has 0 spiro atoms. The number of piperidine rings is 1. The maximum Gasteiger partial charge on any atom is 0.231 e. The molecule has 7 nitrogen and oxygen atoms in total. The SMILES string of the molecule is Cc1nc2ccc(OCC3CCN(c4ncc(Cl)cn4)CC3)nn2c1C. The molecule has 1 saturated heterocycles. The van der Waals surface area contributed by atoms with Gasteiger partial charge in [-0.3, -0.25) is 0 Å². The minimum atomic E-state index is 0.502. The number of fused-ring (bicyclic) bond motifs is 1. The van der Waals surface area contributed by atoms with Crippen molar-refractivity contribution in [2.75, 3.05) is 24.6 Å². The van der Waals surface area contributed by atoms with Crippen molar-refractivity contribution in [2.45, 2.75) is 26.7 Å². The largest absolute Gasteiger partial charge is 0.476 e. The van der Waals surface area contributed by atoms with Gasteiger partial charge in [-0.25, -0.2) is 19.5 Å². The van der Waals surface area contributed by atoms with Crippen molar-refractivity contribution < 1.29 is 4.74 Å². The molecule has 4 heterocycles. The van der Waals surface area contributed by atoms with E-state index in [0.717, 1.165) is 48.9 Å². The minimum Gasteiger partial charge on any atom is -0.476 e. The van der Waals surface area contributed by atoms with E-state index in [1.807, 2.05) is 30.5 Å². The van der Waals surface area contributed by atoms with Crippen LogP contribution >= 0.6 is 11.6 Å². The van der Waals surface area contributed by atoms with Gasteiger partial charge in [0.25, 0.3) is 0 Å². The van der Waals surface area contributed by atoms with Gasteiger partial charge in [0, 0.05) is 19.2 Å². The van der Waals surface area contributed by atoms with Gasteiger partial charge >= 0.3 is 0 Å². The average Bonchev–Trinajstić information content (AvgIpc) is 2.95. The van der Waals surface area contributed by atoms with Crippen LogP contribution in [0.2, 0.25) is 5.02 Å². The molecule has 1 fully saturated rings. The molecule has 0 amide bonds. The van der Waals surface area contributed by atoms with Crippen LogP contribution in [0.15, 0.2) is 24.5 Å². The molecular weight excluding hydrogens is 352 g/mol. The summed E-state index contributed by atoms with van der Waals surface area (Å²) in [6, 6.07) is 3.83. The van der Waals surface area contributed by atoms with Gasteiger partial charge in [-0.2, -0.15) is 0 Å². The molecule has 1 aliphatic heterocycles. The summed E-state index contributed by atoms with van der Waals surface area (Å²) in [4.78, 5) is 15.2. The van der Waals surface area contributed by atoms with Crippen molar-refractivity contribution in [2.24, 2.45) is 5.92 Å². The number of rotatable bonds is 4. The highest BCUT2D eigenvalue weighted by molar-refractivity contribution is 6.30. The summed E-state index contributed by atoms with van der Waals surface area (Å²) in [5.74, 6) is 1.88. The van der Waals surface area contributed by atoms with Crippen molar-refractivity contribution in [1.29, 1.82) is 0 Å². The van der Waals surface area contributed by atoms with Crippen LogP contribution in [-0.4, -0.2) is 44.3 Å². The van der Waals surface area contributed by atoms with Gasteiger partial charge in [-0.15, -0.1) is 5.10 Å². The first-order valence-corrected chi connectivity index (χ1v) is 9.16. The number of aromatic nitrogens is 5. The third kappa shape index (κ3) is 3.44. The third-order valence-corrected chi connectivity index (χ3v) is 5.08. The summed E-state index contributed by atoms with van der Waals surface area (Å²) in [7, 11) is 0. The quantitative estimate of drug-likeness (QED) is 0.701. The Balaban J connectivity index is 1.33. The monoisotopic (exact) mass is 372 g/mol. The van der Waals surface area contributed by atoms with Crippen molar-refractivity contribution in [3.05, 3.63) is 40.9 Å². The first kappa shape index (κ1) is 17.0. The van der Waals surface area contributed by atoms with E-state index in [4.69, 9.17) is 16.3 Å². The highest BCUT2D eigenvalue weighted by atomic mass is 35.5. The number of hydrogen-bond acceptors (Lipinski definition) is 6. The molecule has 0 radical (unpaired) electrons. The van der Waals surface area contributed by atoms with E-state index in [2.05, 4.69) is 25.0 Å². The summed E-state index contributed by atoms with van der Waals surface area (Å²) < 4.78 is 7.79. The van der Waals surface area contributed by atoms with Crippen LogP contribution in [-0.2, 0) is 0 Å². The lowest BCUT2D eigenvalue weighted by Gasteiger charge is -2.31. The molecule has 136 valence electrons. The van der Waals surface area contributed by atoms with Crippen LogP contribution in [0.1, 0.15) is 24.2 Å². The molecule has 0 atom stereocenters. The van der Waals surface area contributed by atoms with Gasteiger partial charge in [0.1, 0.15) is 0 Å².